The van der Waals surface area contributed by atoms with Crippen molar-refractivity contribution in [2.24, 2.45) is 0 Å². The average Bonchev–Trinajstić information content (AvgIpc) is 3.14. The first-order valence-corrected chi connectivity index (χ1v) is 10.1. The monoisotopic (exact) mass is 426 g/mol. The number of benzene rings is 3. The lowest BCUT2D eigenvalue weighted by Gasteiger charge is -2.07. The van der Waals surface area contributed by atoms with Crippen LogP contribution in [0.3, 0.4) is 0 Å². The van der Waals surface area contributed by atoms with E-state index < -0.39 is 11.9 Å². The van der Waals surface area contributed by atoms with Crippen molar-refractivity contribution < 1.29 is 23.5 Å². The van der Waals surface area contributed by atoms with E-state index in [4.69, 9.17) is 13.9 Å². The van der Waals surface area contributed by atoms with Gasteiger partial charge in [0.1, 0.15) is 22.7 Å². The van der Waals surface area contributed by atoms with E-state index in [-0.39, 0.29) is 0 Å². The predicted octanol–water partition coefficient (Wildman–Crippen LogP) is 6.52. The smallest absolute Gasteiger partial charge is 0.338 e. The molecule has 1 heterocycles. The summed E-state index contributed by atoms with van der Waals surface area (Å²) in [7, 11) is 0. The third kappa shape index (κ3) is 3.93. The molecule has 0 aliphatic rings. The van der Waals surface area contributed by atoms with Crippen molar-refractivity contribution in [1.82, 2.24) is 0 Å². The van der Waals surface area contributed by atoms with Crippen molar-refractivity contribution in [3.05, 3.63) is 84.5 Å². The number of aryl methyl sites for hydroxylation is 1. The molecule has 0 fully saturated rings. The van der Waals surface area contributed by atoms with E-state index in [0.717, 1.165) is 33.0 Å². The van der Waals surface area contributed by atoms with Crippen molar-refractivity contribution in [1.29, 1.82) is 0 Å². The van der Waals surface area contributed by atoms with Gasteiger partial charge in [-0.2, -0.15) is 0 Å². The van der Waals surface area contributed by atoms with E-state index >= 15 is 0 Å². The summed E-state index contributed by atoms with van der Waals surface area (Å²) in [5.74, 6) is -0.0166. The second-order valence-electron chi connectivity index (χ2n) is 7.74. The summed E-state index contributed by atoms with van der Waals surface area (Å²) in [6, 6.07) is 16.9. The topological polar surface area (TPSA) is 65.7 Å². The molecule has 0 radical (unpaired) electrons. The van der Waals surface area contributed by atoms with Crippen molar-refractivity contribution in [2.45, 2.75) is 20.8 Å². The molecule has 0 aliphatic carbocycles. The number of hydrogen-bond donors (Lipinski definition) is 0. The Kier molecular flexibility index (Phi) is 5.41. The molecule has 0 atom stereocenters. The number of carbonyl (C=O) groups excluding carboxylic acids is 2. The van der Waals surface area contributed by atoms with Crippen LogP contribution in [-0.4, -0.2) is 11.9 Å². The van der Waals surface area contributed by atoms with Crippen LogP contribution in [0.25, 0.3) is 33.1 Å². The minimum atomic E-state index is -0.469. The van der Waals surface area contributed by atoms with Gasteiger partial charge in [0.25, 0.3) is 0 Å². The standard InChI is InChI=1S/C27H22O5/c1-15(2)26(28)30-20-9-6-18(7-10-20)19-8-11-21-22-12-13-23(32-27(29)16(3)4)17(5)25(22)31-24(21)14-19/h6-14H,1,3H2,2,4-5H3. The number of esters is 2. The summed E-state index contributed by atoms with van der Waals surface area (Å²) in [5, 5.41) is 1.91. The molecule has 0 bridgehead atoms. The normalized spacial score (nSPS) is 10.8. The molecule has 0 saturated heterocycles. The Morgan fingerprint density at radius 1 is 0.781 bits per heavy atom. The second-order valence-corrected chi connectivity index (χ2v) is 7.74. The van der Waals surface area contributed by atoms with Gasteiger partial charge >= 0.3 is 11.9 Å². The summed E-state index contributed by atoms with van der Waals surface area (Å²) in [6.07, 6.45) is 0. The van der Waals surface area contributed by atoms with Gasteiger partial charge in [-0.3, -0.25) is 0 Å². The van der Waals surface area contributed by atoms with Crippen LogP contribution in [0.4, 0.5) is 0 Å². The molecule has 0 aliphatic heterocycles. The van der Waals surface area contributed by atoms with Gasteiger partial charge in [-0.15, -0.1) is 0 Å². The molecule has 0 unspecified atom stereocenters. The number of hydrogen-bond acceptors (Lipinski definition) is 5. The summed E-state index contributed by atoms with van der Waals surface area (Å²) in [6.45, 7) is 12.3. The van der Waals surface area contributed by atoms with Gasteiger partial charge in [0.2, 0.25) is 0 Å². The van der Waals surface area contributed by atoms with Crippen molar-refractivity contribution in [3.8, 4) is 22.6 Å². The maximum atomic E-state index is 11.9. The Balaban J connectivity index is 1.68. The maximum Gasteiger partial charge on any atom is 0.338 e. The summed E-state index contributed by atoms with van der Waals surface area (Å²) >= 11 is 0. The number of carbonyl (C=O) groups is 2. The lowest BCUT2D eigenvalue weighted by atomic mass is 10.0. The summed E-state index contributed by atoms with van der Waals surface area (Å²) in [4.78, 5) is 23.6. The molecule has 5 nitrogen and oxygen atoms in total. The Bertz CT molecular complexity index is 1400. The van der Waals surface area contributed by atoms with Gasteiger partial charge in [-0.1, -0.05) is 31.4 Å². The Morgan fingerprint density at radius 2 is 1.38 bits per heavy atom. The summed E-state index contributed by atoms with van der Waals surface area (Å²) in [5.41, 5.74) is 4.74. The molecule has 0 N–H and O–H groups in total. The molecule has 0 amide bonds. The third-order valence-electron chi connectivity index (χ3n) is 5.14. The highest BCUT2D eigenvalue weighted by molar-refractivity contribution is 6.07. The van der Waals surface area contributed by atoms with Crippen molar-refractivity contribution >= 4 is 33.9 Å². The van der Waals surface area contributed by atoms with Crippen LogP contribution in [0.1, 0.15) is 19.4 Å². The van der Waals surface area contributed by atoms with E-state index in [0.29, 0.717) is 28.2 Å². The van der Waals surface area contributed by atoms with E-state index in [1.807, 2.05) is 43.3 Å². The van der Waals surface area contributed by atoms with Gasteiger partial charge in [-0.05, 0) is 68.3 Å². The third-order valence-corrected chi connectivity index (χ3v) is 5.14. The lowest BCUT2D eigenvalue weighted by molar-refractivity contribution is -0.130. The van der Waals surface area contributed by atoms with Crippen molar-refractivity contribution in [2.75, 3.05) is 0 Å². The van der Waals surface area contributed by atoms with Crippen LogP contribution in [0.2, 0.25) is 0 Å². The first kappa shape index (κ1) is 21.1. The fourth-order valence-electron chi connectivity index (χ4n) is 3.34. The first-order valence-electron chi connectivity index (χ1n) is 10.1. The molecular weight excluding hydrogens is 404 g/mol. The molecule has 5 heteroatoms. The molecule has 4 rings (SSSR count). The lowest BCUT2D eigenvalue weighted by Crippen LogP contribution is -2.08. The zero-order valence-corrected chi connectivity index (χ0v) is 18.2. The number of rotatable bonds is 5. The fourth-order valence-corrected chi connectivity index (χ4v) is 3.34. The van der Waals surface area contributed by atoms with Crippen LogP contribution in [0.5, 0.6) is 11.5 Å². The minimum absolute atomic E-state index is 0.333. The van der Waals surface area contributed by atoms with Crippen molar-refractivity contribution in [3.63, 3.8) is 0 Å². The quantitative estimate of drug-likeness (QED) is 0.206. The average molecular weight is 426 g/mol. The van der Waals surface area contributed by atoms with Crippen LogP contribution >= 0.6 is 0 Å². The molecular formula is C27H22O5. The first-order chi connectivity index (χ1) is 15.2. The van der Waals surface area contributed by atoms with Crippen LogP contribution in [-0.2, 0) is 9.59 Å². The zero-order chi connectivity index (χ0) is 23.0. The maximum absolute atomic E-state index is 11.9. The highest BCUT2D eigenvalue weighted by Crippen LogP contribution is 2.37. The Labute approximate surface area is 185 Å². The molecule has 1 aromatic heterocycles. The van der Waals surface area contributed by atoms with Gasteiger partial charge < -0.3 is 13.9 Å². The van der Waals surface area contributed by atoms with E-state index in [1.54, 1.807) is 32.0 Å². The van der Waals surface area contributed by atoms with Gasteiger partial charge in [0.15, 0.2) is 0 Å². The van der Waals surface area contributed by atoms with Gasteiger partial charge in [-0.25, -0.2) is 9.59 Å². The molecule has 160 valence electrons. The van der Waals surface area contributed by atoms with Crippen LogP contribution in [0.15, 0.2) is 83.3 Å². The highest BCUT2D eigenvalue weighted by atomic mass is 16.5. The Hall–Kier alpha value is -4.12. The van der Waals surface area contributed by atoms with Crippen LogP contribution in [0, 0.1) is 6.92 Å². The van der Waals surface area contributed by atoms with Crippen LogP contribution < -0.4 is 9.47 Å². The van der Waals surface area contributed by atoms with E-state index in [9.17, 15) is 9.59 Å². The van der Waals surface area contributed by atoms with Gasteiger partial charge in [0.05, 0.1) is 0 Å². The predicted molar refractivity (Wildman–Crippen MR) is 125 cm³/mol. The second kappa shape index (κ2) is 8.19. The molecule has 4 aromatic rings. The van der Waals surface area contributed by atoms with Gasteiger partial charge in [0, 0.05) is 27.5 Å². The Morgan fingerprint density at radius 3 is 2.03 bits per heavy atom. The summed E-state index contributed by atoms with van der Waals surface area (Å²) < 4.78 is 16.8. The number of ether oxygens (including phenoxy) is 2. The van der Waals surface area contributed by atoms with E-state index in [1.165, 1.54) is 0 Å². The fraction of sp³-hybridized carbons (Fsp3) is 0.111. The molecule has 32 heavy (non-hydrogen) atoms. The van der Waals surface area contributed by atoms with E-state index in [2.05, 4.69) is 13.2 Å². The zero-order valence-electron chi connectivity index (χ0n) is 18.2. The largest absolute Gasteiger partial charge is 0.456 e. The molecule has 0 spiro atoms. The molecule has 3 aromatic carbocycles. The highest BCUT2D eigenvalue weighted by Gasteiger charge is 2.16. The number of fused-ring (bicyclic) bond motifs is 3. The molecule has 0 saturated carbocycles. The number of furan rings is 1. The SMILES string of the molecule is C=C(C)C(=O)Oc1ccc(-c2ccc3c(c2)oc2c(C)c(OC(=O)C(=C)C)ccc23)cc1. The minimum Gasteiger partial charge on any atom is -0.456 e.